The third-order valence-corrected chi connectivity index (χ3v) is 8.32. The predicted octanol–water partition coefficient (Wildman–Crippen LogP) is 3.67. The van der Waals surface area contributed by atoms with Gasteiger partial charge in [0.2, 0.25) is 5.91 Å². The molecule has 2 unspecified atom stereocenters. The van der Waals surface area contributed by atoms with E-state index in [1.165, 1.54) is 12.4 Å². The van der Waals surface area contributed by atoms with Crippen molar-refractivity contribution < 1.29 is 14.0 Å². The van der Waals surface area contributed by atoms with Crippen molar-refractivity contribution in [2.24, 2.45) is 17.8 Å². The number of nitrogens with one attached hydrogen (secondary N) is 1. The number of benzene rings is 1. The van der Waals surface area contributed by atoms with Gasteiger partial charge in [-0.25, -0.2) is 14.4 Å². The van der Waals surface area contributed by atoms with E-state index in [0.29, 0.717) is 17.4 Å². The highest BCUT2D eigenvalue weighted by Crippen LogP contribution is 2.33. The van der Waals surface area contributed by atoms with E-state index in [-0.39, 0.29) is 29.6 Å². The number of likely N-dealkylation sites (tertiary alicyclic amines) is 2. The number of carbonyl (C=O) groups excluding carboxylic acids is 2. The Morgan fingerprint density at radius 2 is 1.72 bits per heavy atom. The van der Waals surface area contributed by atoms with Crippen LogP contribution >= 0.6 is 0 Å². The van der Waals surface area contributed by atoms with Crippen LogP contribution in [0.15, 0.2) is 30.6 Å². The summed E-state index contributed by atoms with van der Waals surface area (Å²) in [7, 11) is 0. The first-order valence-electron chi connectivity index (χ1n) is 13.2. The molecule has 5 rings (SSSR count). The Hall–Kier alpha value is -2.87. The maximum absolute atomic E-state index is 14.0. The van der Waals surface area contributed by atoms with E-state index in [4.69, 9.17) is 0 Å². The molecule has 2 aromatic rings. The van der Waals surface area contributed by atoms with E-state index < -0.39 is 0 Å². The second-order valence-electron chi connectivity index (χ2n) is 10.8. The maximum atomic E-state index is 14.0. The van der Waals surface area contributed by atoms with E-state index in [1.54, 1.807) is 12.1 Å². The van der Waals surface area contributed by atoms with Crippen LogP contribution in [0.4, 0.5) is 4.39 Å². The Labute approximate surface area is 212 Å². The van der Waals surface area contributed by atoms with E-state index in [1.807, 2.05) is 24.8 Å². The highest BCUT2D eigenvalue weighted by atomic mass is 19.1. The average Bonchev–Trinajstić information content (AvgIpc) is 3.58. The van der Waals surface area contributed by atoms with E-state index in [9.17, 15) is 14.0 Å². The van der Waals surface area contributed by atoms with E-state index in [0.717, 1.165) is 81.8 Å². The minimum absolute atomic E-state index is 0.0346. The molecule has 36 heavy (non-hydrogen) atoms. The number of nitrogens with zero attached hydrogens (tertiary/aromatic N) is 4. The number of aromatic nitrogens is 2. The predicted molar refractivity (Wildman–Crippen MR) is 135 cm³/mol. The van der Waals surface area contributed by atoms with Crippen molar-refractivity contribution in [2.45, 2.75) is 52.0 Å². The first-order chi connectivity index (χ1) is 17.4. The number of hydrogen-bond acceptors (Lipinski definition) is 5. The van der Waals surface area contributed by atoms with Crippen LogP contribution in [0.2, 0.25) is 0 Å². The fourth-order valence-corrected chi connectivity index (χ4v) is 6.33. The Kier molecular flexibility index (Phi) is 7.32. The van der Waals surface area contributed by atoms with Crippen molar-refractivity contribution in [1.82, 2.24) is 25.1 Å². The van der Waals surface area contributed by atoms with Crippen LogP contribution < -0.4 is 5.32 Å². The number of fused-ring (bicyclic) bond motifs is 1. The zero-order valence-corrected chi connectivity index (χ0v) is 21.3. The smallest absolute Gasteiger partial charge is 0.257 e. The molecule has 1 N–H and O–H groups in total. The van der Waals surface area contributed by atoms with Gasteiger partial charge in [-0.15, -0.1) is 0 Å². The molecule has 0 radical (unpaired) electrons. The lowest BCUT2D eigenvalue weighted by atomic mass is 10.0. The normalized spacial score (nSPS) is 23.1. The van der Waals surface area contributed by atoms with Gasteiger partial charge in [-0.3, -0.25) is 9.59 Å². The lowest BCUT2D eigenvalue weighted by Gasteiger charge is -2.26. The number of carbonyl (C=O) groups is 2. The second-order valence-corrected chi connectivity index (χ2v) is 10.8. The molecular formula is C28H36FN5O2. The highest BCUT2D eigenvalue weighted by Gasteiger charge is 2.42. The quantitative estimate of drug-likeness (QED) is 0.637. The van der Waals surface area contributed by atoms with E-state index >= 15 is 0 Å². The molecule has 3 heterocycles. The largest absolute Gasteiger partial charge is 0.349 e. The Bertz CT molecular complexity index is 1080. The van der Waals surface area contributed by atoms with Gasteiger partial charge in [-0.1, -0.05) is 25.0 Å². The summed E-state index contributed by atoms with van der Waals surface area (Å²) in [5.74, 6) is 0.831. The summed E-state index contributed by atoms with van der Waals surface area (Å²) < 4.78 is 14.0. The summed E-state index contributed by atoms with van der Waals surface area (Å²) in [5, 5.41) is 3.23. The van der Waals surface area contributed by atoms with E-state index in [2.05, 4.69) is 20.2 Å². The molecule has 0 bridgehead atoms. The highest BCUT2D eigenvalue weighted by molar-refractivity contribution is 5.96. The van der Waals surface area contributed by atoms with Crippen LogP contribution in [0.3, 0.4) is 0 Å². The van der Waals surface area contributed by atoms with Gasteiger partial charge in [0.1, 0.15) is 12.1 Å². The van der Waals surface area contributed by atoms with Crippen LogP contribution in [-0.2, 0) is 4.79 Å². The van der Waals surface area contributed by atoms with Crippen molar-refractivity contribution in [3.63, 3.8) is 0 Å². The molecule has 8 heteroatoms. The summed E-state index contributed by atoms with van der Waals surface area (Å²) in [6.45, 7) is 7.92. The molecular weight excluding hydrogens is 457 g/mol. The van der Waals surface area contributed by atoms with Crippen LogP contribution in [-0.4, -0.2) is 64.3 Å². The first-order valence-corrected chi connectivity index (χ1v) is 13.2. The van der Waals surface area contributed by atoms with Gasteiger partial charge in [0, 0.05) is 38.6 Å². The zero-order valence-electron chi connectivity index (χ0n) is 21.3. The molecule has 7 nitrogen and oxygen atoms in total. The topological polar surface area (TPSA) is 78.4 Å². The summed E-state index contributed by atoms with van der Waals surface area (Å²) in [5.41, 5.74) is 2.92. The minimum Gasteiger partial charge on any atom is -0.349 e. The van der Waals surface area contributed by atoms with Crippen LogP contribution in [0.1, 0.15) is 65.5 Å². The van der Waals surface area contributed by atoms with Crippen molar-refractivity contribution >= 4 is 11.8 Å². The van der Waals surface area contributed by atoms with Gasteiger partial charge in [0.25, 0.3) is 5.91 Å². The van der Waals surface area contributed by atoms with Crippen molar-refractivity contribution in [2.75, 3.05) is 32.7 Å². The number of amides is 2. The van der Waals surface area contributed by atoms with Gasteiger partial charge < -0.3 is 15.1 Å². The Morgan fingerprint density at radius 1 is 1.06 bits per heavy atom. The molecule has 2 saturated heterocycles. The molecule has 2 amide bonds. The maximum Gasteiger partial charge on any atom is 0.257 e. The number of aryl methyl sites for hydroxylation is 2. The molecule has 1 aromatic heterocycles. The number of halogens is 1. The van der Waals surface area contributed by atoms with Crippen LogP contribution in [0.25, 0.3) is 0 Å². The van der Waals surface area contributed by atoms with Gasteiger partial charge in [-0.2, -0.15) is 0 Å². The third-order valence-electron chi connectivity index (χ3n) is 8.32. The van der Waals surface area contributed by atoms with Gasteiger partial charge >= 0.3 is 0 Å². The summed E-state index contributed by atoms with van der Waals surface area (Å²) in [4.78, 5) is 38.9. The number of rotatable bonds is 7. The molecule has 3 aliphatic rings. The van der Waals surface area contributed by atoms with Crippen molar-refractivity contribution in [3.05, 3.63) is 58.9 Å². The molecule has 192 valence electrons. The summed E-state index contributed by atoms with van der Waals surface area (Å²) in [6, 6.07) is 6.41. The molecule has 2 aliphatic heterocycles. The fraction of sp³-hybridized carbons (Fsp3) is 0.571. The van der Waals surface area contributed by atoms with Gasteiger partial charge in [-0.05, 0) is 62.6 Å². The van der Waals surface area contributed by atoms with Crippen molar-refractivity contribution in [1.29, 1.82) is 0 Å². The zero-order chi connectivity index (χ0) is 25.2. The summed E-state index contributed by atoms with van der Waals surface area (Å²) in [6.07, 6.45) is 6.35. The van der Waals surface area contributed by atoms with Gasteiger partial charge in [0.15, 0.2) is 0 Å². The lowest BCUT2D eigenvalue weighted by Crippen LogP contribution is -2.37. The molecule has 1 aromatic carbocycles. The monoisotopic (exact) mass is 493 g/mol. The van der Waals surface area contributed by atoms with Crippen LogP contribution in [0, 0.1) is 37.4 Å². The SMILES string of the molecule is Cc1ncnc(C)c1C(=O)N1CC2CN(CC[C@H](NC(=O)C3CCCC3)c3cccc(F)c3)CC2C1. The lowest BCUT2D eigenvalue weighted by molar-refractivity contribution is -0.125. The summed E-state index contributed by atoms with van der Waals surface area (Å²) >= 11 is 0. The van der Waals surface area contributed by atoms with Gasteiger partial charge in [0.05, 0.1) is 23.0 Å². The van der Waals surface area contributed by atoms with Crippen LogP contribution in [0.5, 0.6) is 0 Å². The Balaban J connectivity index is 1.18. The first kappa shape index (κ1) is 24.8. The molecule has 3 atom stereocenters. The van der Waals surface area contributed by atoms with Crippen molar-refractivity contribution in [3.8, 4) is 0 Å². The molecule has 1 aliphatic carbocycles. The minimum atomic E-state index is -0.276. The molecule has 1 saturated carbocycles. The molecule has 3 fully saturated rings. The molecule has 0 spiro atoms. The average molecular weight is 494 g/mol. The standard InChI is InChI=1S/C28H36FN5O2/c1-18-26(19(2)31-17-30-18)28(36)34-15-22-13-33(14-23(22)16-34)11-10-25(21-8-5-9-24(29)12-21)32-27(35)20-6-3-4-7-20/h5,8-9,12,17,20,22-23,25H,3-4,6-7,10-11,13-16H2,1-2H3,(H,32,35)/t22?,23?,25-/m0/s1. The third kappa shape index (κ3) is 5.28. The fourth-order valence-electron chi connectivity index (χ4n) is 6.33. The number of hydrogen-bond donors (Lipinski definition) is 1. The Morgan fingerprint density at radius 3 is 2.36 bits per heavy atom. The second kappa shape index (κ2) is 10.6.